The molecular formula is C19H26N6O2. The Morgan fingerprint density at radius 3 is 2.56 bits per heavy atom. The minimum absolute atomic E-state index is 0.0870. The number of anilines is 3. The number of nitrogens with one attached hydrogen (secondary N) is 1. The van der Waals surface area contributed by atoms with Gasteiger partial charge in [-0.2, -0.15) is 5.10 Å². The quantitative estimate of drug-likeness (QED) is 0.890. The molecule has 0 bridgehead atoms. The summed E-state index contributed by atoms with van der Waals surface area (Å²) in [5.41, 5.74) is 2.78. The van der Waals surface area contributed by atoms with E-state index < -0.39 is 0 Å². The van der Waals surface area contributed by atoms with Gasteiger partial charge in [-0.25, -0.2) is 4.79 Å². The molecule has 1 aromatic carbocycles. The second-order valence-electron chi connectivity index (χ2n) is 6.75. The standard InChI is InChI=1S/C19H26N6O2/c1-14-11-16(27-4)5-6-17(14)21-19(26)25-9-7-24(8-10-25)18-12-15(23(2)3)13-20-22-18/h5-6,11-13H,7-10H2,1-4H3,(H,21,26). The van der Waals surface area contributed by atoms with E-state index in [1.807, 2.05) is 55.1 Å². The molecule has 1 N–H and O–H groups in total. The fourth-order valence-corrected chi connectivity index (χ4v) is 2.98. The van der Waals surface area contributed by atoms with Gasteiger partial charge in [-0.3, -0.25) is 0 Å². The van der Waals surface area contributed by atoms with Crippen LogP contribution in [0.1, 0.15) is 5.56 Å². The molecule has 0 saturated carbocycles. The third-order valence-electron chi connectivity index (χ3n) is 4.71. The number of piperazine rings is 1. The highest BCUT2D eigenvalue weighted by atomic mass is 16.5. The van der Waals surface area contributed by atoms with Gasteiger partial charge in [0.1, 0.15) is 5.75 Å². The first-order chi connectivity index (χ1) is 13.0. The van der Waals surface area contributed by atoms with Crippen molar-refractivity contribution in [3.8, 4) is 5.75 Å². The Bertz CT molecular complexity index is 803. The molecule has 8 nitrogen and oxygen atoms in total. The summed E-state index contributed by atoms with van der Waals surface area (Å²) >= 11 is 0. The van der Waals surface area contributed by atoms with E-state index in [2.05, 4.69) is 20.4 Å². The van der Waals surface area contributed by atoms with Gasteiger partial charge < -0.3 is 24.8 Å². The van der Waals surface area contributed by atoms with Gasteiger partial charge >= 0.3 is 6.03 Å². The molecule has 1 aromatic heterocycles. The van der Waals surface area contributed by atoms with Crippen LogP contribution < -0.4 is 19.9 Å². The highest BCUT2D eigenvalue weighted by Gasteiger charge is 2.23. The Hall–Kier alpha value is -3.03. The van der Waals surface area contributed by atoms with Crippen molar-refractivity contribution in [1.82, 2.24) is 15.1 Å². The smallest absolute Gasteiger partial charge is 0.321 e. The fourth-order valence-electron chi connectivity index (χ4n) is 2.98. The Kier molecular flexibility index (Phi) is 5.63. The van der Waals surface area contributed by atoms with Crippen molar-refractivity contribution in [1.29, 1.82) is 0 Å². The van der Waals surface area contributed by atoms with Crippen LogP contribution in [0.3, 0.4) is 0 Å². The number of benzene rings is 1. The summed E-state index contributed by atoms with van der Waals surface area (Å²) in [6.45, 7) is 4.66. The zero-order valence-electron chi connectivity index (χ0n) is 16.3. The number of ether oxygens (including phenoxy) is 1. The third-order valence-corrected chi connectivity index (χ3v) is 4.71. The molecule has 0 unspecified atom stereocenters. The number of hydrogen-bond acceptors (Lipinski definition) is 6. The number of aryl methyl sites for hydroxylation is 1. The molecule has 1 aliphatic rings. The number of rotatable bonds is 4. The van der Waals surface area contributed by atoms with Crippen LogP contribution in [-0.2, 0) is 0 Å². The topological polar surface area (TPSA) is 73.8 Å². The van der Waals surface area contributed by atoms with Crippen molar-refractivity contribution in [2.45, 2.75) is 6.92 Å². The average molecular weight is 370 g/mol. The maximum absolute atomic E-state index is 12.6. The van der Waals surface area contributed by atoms with E-state index in [1.54, 1.807) is 13.3 Å². The number of urea groups is 1. The summed E-state index contributed by atoms with van der Waals surface area (Å²) in [7, 11) is 5.58. The molecule has 27 heavy (non-hydrogen) atoms. The number of carbonyl (C=O) groups is 1. The summed E-state index contributed by atoms with van der Waals surface area (Å²) < 4.78 is 5.21. The zero-order valence-corrected chi connectivity index (χ0v) is 16.3. The zero-order chi connectivity index (χ0) is 19.4. The lowest BCUT2D eigenvalue weighted by Gasteiger charge is -2.35. The van der Waals surface area contributed by atoms with Crippen molar-refractivity contribution in [3.63, 3.8) is 0 Å². The first-order valence-corrected chi connectivity index (χ1v) is 8.93. The van der Waals surface area contributed by atoms with Crippen LogP contribution >= 0.6 is 0 Å². The highest BCUT2D eigenvalue weighted by molar-refractivity contribution is 5.90. The van der Waals surface area contributed by atoms with Crippen LogP contribution in [0.4, 0.5) is 22.0 Å². The van der Waals surface area contributed by atoms with E-state index in [-0.39, 0.29) is 6.03 Å². The summed E-state index contributed by atoms with van der Waals surface area (Å²) in [6, 6.07) is 7.55. The number of methoxy groups -OCH3 is 1. The molecule has 1 aliphatic heterocycles. The Morgan fingerprint density at radius 1 is 1.19 bits per heavy atom. The van der Waals surface area contributed by atoms with E-state index in [9.17, 15) is 4.79 Å². The van der Waals surface area contributed by atoms with Gasteiger partial charge in [0, 0.05) is 52.0 Å². The van der Waals surface area contributed by atoms with Gasteiger partial charge in [0.15, 0.2) is 5.82 Å². The van der Waals surface area contributed by atoms with Gasteiger partial charge in [0.2, 0.25) is 0 Å². The van der Waals surface area contributed by atoms with Crippen LogP contribution in [0, 0.1) is 6.92 Å². The second-order valence-corrected chi connectivity index (χ2v) is 6.75. The average Bonchev–Trinajstić information content (AvgIpc) is 2.69. The Labute approximate surface area is 159 Å². The molecule has 3 rings (SSSR count). The fraction of sp³-hybridized carbons (Fsp3) is 0.421. The van der Waals surface area contributed by atoms with Crippen molar-refractivity contribution in [2.75, 3.05) is 62.5 Å². The Morgan fingerprint density at radius 2 is 1.93 bits per heavy atom. The van der Waals surface area contributed by atoms with Gasteiger partial charge in [0.05, 0.1) is 19.0 Å². The monoisotopic (exact) mass is 370 g/mol. The highest BCUT2D eigenvalue weighted by Crippen LogP contribution is 2.22. The van der Waals surface area contributed by atoms with Crippen molar-refractivity contribution in [2.24, 2.45) is 0 Å². The number of aromatic nitrogens is 2. The molecule has 8 heteroatoms. The molecule has 144 valence electrons. The third kappa shape index (κ3) is 4.39. The molecule has 0 atom stereocenters. The van der Waals surface area contributed by atoms with E-state index in [4.69, 9.17) is 4.74 Å². The molecular weight excluding hydrogens is 344 g/mol. The maximum Gasteiger partial charge on any atom is 0.321 e. The van der Waals surface area contributed by atoms with Crippen LogP contribution in [0.15, 0.2) is 30.5 Å². The largest absolute Gasteiger partial charge is 0.497 e. The van der Waals surface area contributed by atoms with Gasteiger partial charge in [-0.15, -0.1) is 5.10 Å². The summed E-state index contributed by atoms with van der Waals surface area (Å²) in [4.78, 5) is 18.6. The maximum atomic E-state index is 12.6. The lowest BCUT2D eigenvalue weighted by molar-refractivity contribution is 0.208. The first kappa shape index (κ1) is 18.8. The van der Waals surface area contributed by atoms with Gasteiger partial charge in [-0.1, -0.05) is 0 Å². The predicted octanol–water partition coefficient (Wildman–Crippen LogP) is 2.21. The first-order valence-electron chi connectivity index (χ1n) is 8.93. The SMILES string of the molecule is COc1ccc(NC(=O)N2CCN(c3cc(N(C)C)cnn3)CC2)c(C)c1. The van der Waals surface area contributed by atoms with Crippen molar-refractivity contribution < 1.29 is 9.53 Å². The van der Waals surface area contributed by atoms with Crippen molar-refractivity contribution in [3.05, 3.63) is 36.0 Å². The van der Waals surface area contributed by atoms with E-state index in [1.165, 1.54) is 0 Å². The number of hydrogen-bond donors (Lipinski definition) is 1. The minimum Gasteiger partial charge on any atom is -0.497 e. The predicted molar refractivity (Wildman–Crippen MR) is 107 cm³/mol. The molecule has 2 aromatic rings. The van der Waals surface area contributed by atoms with Crippen LogP contribution in [0.25, 0.3) is 0 Å². The number of nitrogens with zero attached hydrogens (tertiary/aromatic N) is 5. The molecule has 0 aliphatic carbocycles. The Balaban J connectivity index is 1.59. The summed E-state index contributed by atoms with van der Waals surface area (Å²) in [5.74, 6) is 1.62. The molecule has 2 amide bonds. The molecule has 1 saturated heterocycles. The summed E-state index contributed by atoms with van der Waals surface area (Å²) in [5, 5.41) is 11.3. The molecule has 2 heterocycles. The second kappa shape index (κ2) is 8.11. The summed E-state index contributed by atoms with van der Waals surface area (Å²) in [6.07, 6.45) is 1.74. The minimum atomic E-state index is -0.0870. The normalized spacial score (nSPS) is 14.1. The van der Waals surface area contributed by atoms with Crippen LogP contribution in [0.5, 0.6) is 5.75 Å². The van der Waals surface area contributed by atoms with Gasteiger partial charge in [0.25, 0.3) is 0 Å². The van der Waals surface area contributed by atoms with E-state index >= 15 is 0 Å². The lowest BCUT2D eigenvalue weighted by Crippen LogP contribution is -2.50. The molecule has 0 spiro atoms. The number of carbonyl (C=O) groups excluding carboxylic acids is 1. The van der Waals surface area contributed by atoms with Crippen LogP contribution in [-0.4, -0.2) is 68.5 Å². The van der Waals surface area contributed by atoms with Gasteiger partial charge in [-0.05, 0) is 30.7 Å². The van der Waals surface area contributed by atoms with E-state index in [0.29, 0.717) is 13.1 Å². The molecule has 0 radical (unpaired) electrons. The van der Waals surface area contributed by atoms with Crippen molar-refractivity contribution >= 4 is 23.2 Å². The molecule has 1 fully saturated rings. The number of amides is 2. The van der Waals surface area contributed by atoms with E-state index in [0.717, 1.165) is 41.6 Å². The van der Waals surface area contributed by atoms with Crippen LogP contribution in [0.2, 0.25) is 0 Å². The lowest BCUT2D eigenvalue weighted by atomic mass is 10.2.